The number of benzene rings is 1. The number of hydrogen-bond donors (Lipinski definition) is 7. The number of phosphoric ester groups is 2. The number of anilines is 1. The summed E-state index contributed by atoms with van der Waals surface area (Å²) in [6.07, 6.45) is 9.54. The minimum Gasteiger partial charge on any atom is -0.393 e. The molecule has 1 aromatic rings. The number of nitrogens with two attached hydrogens (primary N) is 1. The number of primary amides is 1. The van der Waals surface area contributed by atoms with Gasteiger partial charge >= 0.3 is 21.7 Å². The van der Waals surface area contributed by atoms with Gasteiger partial charge in [-0.25, -0.2) is 18.9 Å². The van der Waals surface area contributed by atoms with Crippen molar-refractivity contribution < 1.29 is 80.4 Å². The lowest BCUT2D eigenvalue weighted by Crippen LogP contribution is -2.63. The number of carbonyl (C=O) groups excluding carboxylic acids is 6. The second kappa shape index (κ2) is 25.1. The summed E-state index contributed by atoms with van der Waals surface area (Å²) in [5, 5.41) is 19.7. The molecule has 5 amide bonds. The molecule has 7 rings (SSSR count). The van der Waals surface area contributed by atoms with Gasteiger partial charge in [0.1, 0.15) is 31.1 Å². The molecule has 3 saturated carbocycles. The first-order valence-corrected chi connectivity index (χ1v) is 29.5. The van der Waals surface area contributed by atoms with E-state index in [1.54, 1.807) is 19.9 Å². The Bertz CT molecular complexity index is 2670. The SMILES string of the molecule is CCCC1O[C@@H]2C[C@H]3[C@@H]4CCC5=CC(=O)C=C[C@]5(C)[C@H]4[C@@H](O)C[C@]3(C)[C@]2(C(=O)COP(=O)(O)OP(=O)(O)OCc2ccc(NC(=O)/C(CCCNC(N)=O)=N/C(=O)[C@@H](NC(=O)COC3C#CCCCCC3)C(C)C)cc2)O1. The Morgan fingerprint density at radius 2 is 1.75 bits per heavy atom. The van der Waals surface area contributed by atoms with Gasteiger partial charge in [-0.2, -0.15) is 4.31 Å². The fourth-order valence-corrected chi connectivity index (χ4v) is 14.4. The normalized spacial score (nSPS) is 31.5. The molecular formula is C53H73N5O17P2. The maximum Gasteiger partial charge on any atom is 0.481 e. The van der Waals surface area contributed by atoms with Gasteiger partial charge in [0.2, 0.25) is 5.91 Å². The Balaban J connectivity index is 0.952. The van der Waals surface area contributed by atoms with Gasteiger partial charge in [0.05, 0.1) is 18.8 Å². The van der Waals surface area contributed by atoms with Crippen LogP contribution in [0.3, 0.4) is 0 Å². The van der Waals surface area contributed by atoms with Crippen molar-refractivity contribution in [3.63, 3.8) is 0 Å². The highest BCUT2D eigenvalue weighted by molar-refractivity contribution is 7.61. The van der Waals surface area contributed by atoms with Crippen LogP contribution >= 0.6 is 15.6 Å². The molecule has 1 aromatic carbocycles. The Hall–Kier alpha value is -4.75. The minimum atomic E-state index is -5.50. The van der Waals surface area contributed by atoms with Crippen LogP contribution in [0.25, 0.3) is 0 Å². The third-order valence-electron chi connectivity index (χ3n) is 16.0. The molecule has 4 fully saturated rings. The second-order valence-electron chi connectivity index (χ2n) is 21.6. The zero-order chi connectivity index (χ0) is 55.9. The number of rotatable bonds is 23. The molecule has 77 heavy (non-hydrogen) atoms. The van der Waals surface area contributed by atoms with E-state index in [4.69, 9.17) is 29.0 Å². The van der Waals surface area contributed by atoms with Crippen molar-refractivity contribution in [1.29, 1.82) is 0 Å². The molecule has 13 atom stereocenters. The highest BCUT2D eigenvalue weighted by atomic mass is 31.3. The summed E-state index contributed by atoms with van der Waals surface area (Å²) in [4.78, 5) is 104. The lowest BCUT2D eigenvalue weighted by Gasteiger charge is -2.59. The molecule has 5 aliphatic carbocycles. The van der Waals surface area contributed by atoms with E-state index < -0.39 is 111 Å². The first-order valence-electron chi connectivity index (χ1n) is 26.5. The van der Waals surface area contributed by atoms with Crippen molar-refractivity contribution in [3.05, 3.63) is 53.6 Å². The number of nitrogens with zero attached hydrogens (tertiary/aromatic N) is 1. The molecule has 8 N–H and O–H groups in total. The van der Waals surface area contributed by atoms with E-state index >= 15 is 0 Å². The van der Waals surface area contributed by atoms with Gasteiger partial charge in [-0.15, -0.1) is 5.92 Å². The summed E-state index contributed by atoms with van der Waals surface area (Å²) in [5.41, 5.74) is 3.04. The number of ether oxygens (including phenoxy) is 3. The third kappa shape index (κ3) is 14.0. The number of carbonyl (C=O) groups is 6. The third-order valence-corrected chi connectivity index (χ3v) is 18.6. The van der Waals surface area contributed by atoms with E-state index in [0.29, 0.717) is 38.5 Å². The number of urea groups is 1. The first kappa shape index (κ1) is 59.9. The zero-order valence-electron chi connectivity index (χ0n) is 44.2. The van der Waals surface area contributed by atoms with Gasteiger partial charge in [-0.3, -0.25) is 33.0 Å². The van der Waals surface area contributed by atoms with Crippen molar-refractivity contribution in [2.45, 2.75) is 161 Å². The number of aliphatic imine (C=N–C) groups is 1. The highest BCUT2D eigenvalue weighted by Crippen LogP contribution is 2.70. The number of aliphatic hydroxyl groups is 1. The van der Waals surface area contributed by atoms with Crippen LogP contribution in [-0.4, -0.2) is 112 Å². The monoisotopic (exact) mass is 1110 g/mol. The van der Waals surface area contributed by atoms with E-state index in [1.165, 1.54) is 30.3 Å². The van der Waals surface area contributed by atoms with Crippen molar-refractivity contribution in [1.82, 2.24) is 10.6 Å². The molecule has 0 aromatic heterocycles. The van der Waals surface area contributed by atoms with Crippen LogP contribution in [0.4, 0.5) is 10.5 Å². The number of aliphatic hydroxyl groups excluding tert-OH is 1. The molecule has 0 spiro atoms. The van der Waals surface area contributed by atoms with E-state index in [1.807, 2.05) is 26.8 Å². The van der Waals surface area contributed by atoms with Crippen LogP contribution in [0.2, 0.25) is 0 Å². The van der Waals surface area contributed by atoms with Gasteiger partial charge in [0, 0.05) is 35.4 Å². The lowest BCUT2D eigenvalue weighted by molar-refractivity contribution is -0.200. The van der Waals surface area contributed by atoms with Crippen LogP contribution in [0.1, 0.15) is 124 Å². The highest BCUT2D eigenvalue weighted by Gasteiger charge is 2.76. The van der Waals surface area contributed by atoms with E-state index in [2.05, 4.69) is 37.1 Å². The second-order valence-corrected chi connectivity index (χ2v) is 24.6. The molecule has 1 heterocycles. The molecule has 24 heteroatoms. The van der Waals surface area contributed by atoms with Crippen LogP contribution in [-0.2, 0) is 67.3 Å². The quantitative estimate of drug-likeness (QED) is 0.0285. The van der Waals surface area contributed by atoms with Crippen LogP contribution < -0.4 is 21.7 Å². The van der Waals surface area contributed by atoms with Gasteiger partial charge in [-0.05, 0) is 112 Å². The molecule has 422 valence electrons. The Labute approximate surface area is 448 Å². The summed E-state index contributed by atoms with van der Waals surface area (Å²) in [7, 11) is -10.9. The van der Waals surface area contributed by atoms with Crippen molar-refractivity contribution in [2.75, 3.05) is 25.1 Å². The van der Waals surface area contributed by atoms with Gasteiger partial charge in [0.25, 0.3) is 11.8 Å². The molecule has 1 saturated heterocycles. The molecule has 0 bridgehead atoms. The standard InChI is InChI=1S/C53H73N5O17P2/c1-6-13-45-73-43-27-39-38-22-19-34-26-36(59)23-24-51(34,4)46(38)41(60)28-52(39,5)53(43,74-45)42(61)30-72-77(68,69)75-76(66,67)71-29-33-17-20-35(21-18-33)56-48(63)40(16-12-25-55-50(54)65)57-49(64)47(32(2)3)58-44(62)31-70-37-14-10-8-7-9-11-15-37/h17-18,20-21,23-24,26,32,37-39,41,43,45-47,60H,6-10,12-14,16,19,22,25,27-31H2,1-5H3,(H,56,63)(H,58,62)(H,66,67)(H,68,69)(H3,54,55,65)/b57-40+/t37?,38-,39-,41-,43+,45?,46+,47-,51-,52-,53+/m0/s1. The lowest BCUT2D eigenvalue weighted by atomic mass is 9.46. The first-order chi connectivity index (χ1) is 36.4. The molecule has 0 radical (unpaired) electrons. The number of allylic oxidation sites excluding steroid dienone is 4. The minimum absolute atomic E-state index is 0.0613. The van der Waals surface area contributed by atoms with E-state index in [9.17, 15) is 52.8 Å². The molecular weight excluding hydrogens is 1040 g/mol. The number of ketones is 2. The van der Waals surface area contributed by atoms with Crippen molar-refractivity contribution in [3.8, 4) is 11.8 Å². The number of phosphoric acid groups is 2. The summed E-state index contributed by atoms with van der Waals surface area (Å²) in [6, 6.07) is 3.71. The number of amides is 5. The predicted molar refractivity (Wildman–Crippen MR) is 279 cm³/mol. The summed E-state index contributed by atoms with van der Waals surface area (Å²) >= 11 is 0. The Kier molecular flexibility index (Phi) is 19.6. The fraction of sp³-hybridized carbons (Fsp3) is 0.642. The van der Waals surface area contributed by atoms with Crippen LogP contribution in [0.5, 0.6) is 0 Å². The average Bonchev–Trinajstić information content (AvgIpc) is 4.00. The van der Waals surface area contributed by atoms with Crippen molar-refractivity contribution >= 4 is 62.4 Å². The van der Waals surface area contributed by atoms with Gasteiger partial charge < -0.3 is 50.8 Å². The largest absolute Gasteiger partial charge is 0.481 e. The maximum absolute atomic E-state index is 14.6. The Morgan fingerprint density at radius 3 is 2.47 bits per heavy atom. The summed E-state index contributed by atoms with van der Waals surface area (Å²) in [6.45, 7) is 7.24. The smallest absolute Gasteiger partial charge is 0.393 e. The van der Waals surface area contributed by atoms with Gasteiger partial charge in [-0.1, -0.05) is 77.2 Å². The Morgan fingerprint density at radius 1 is 1.01 bits per heavy atom. The van der Waals surface area contributed by atoms with Crippen LogP contribution in [0, 0.1) is 46.3 Å². The number of Topliss-reactive ketones (excluding diaryl/α,β-unsaturated/α-hetero) is 1. The van der Waals surface area contributed by atoms with E-state index in [-0.39, 0.29) is 72.9 Å². The summed E-state index contributed by atoms with van der Waals surface area (Å²) in [5.74, 6) is 2.11. The molecule has 4 unspecified atom stereocenters. The fourth-order valence-electron chi connectivity index (χ4n) is 12.4. The van der Waals surface area contributed by atoms with E-state index in [0.717, 1.165) is 31.3 Å². The number of nitrogens with one attached hydrogen (secondary N) is 3. The topological polar surface area (TPSA) is 327 Å². The van der Waals surface area contributed by atoms with Gasteiger partial charge in [0.15, 0.2) is 23.5 Å². The predicted octanol–water partition coefficient (Wildman–Crippen LogP) is 6.02. The zero-order valence-corrected chi connectivity index (χ0v) is 46.0. The number of hydrogen-bond acceptors (Lipinski definition) is 15. The average molecular weight is 1110 g/mol. The maximum atomic E-state index is 14.6. The van der Waals surface area contributed by atoms with Crippen LogP contribution in [0.15, 0.2) is 53.1 Å². The number of fused-ring (bicyclic) bond motifs is 7. The molecule has 6 aliphatic rings. The summed E-state index contributed by atoms with van der Waals surface area (Å²) < 4.78 is 59.8. The molecule has 22 nitrogen and oxygen atoms in total. The molecule has 1 aliphatic heterocycles. The van der Waals surface area contributed by atoms with Crippen molar-refractivity contribution in [2.24, 2.45) is 45.2 Å².